The van der Waals surface area contributed by atoms with Gasteiger partial charge in [-0.3, -0.25) is 4.79 Å². The van der Waals surface area contributed by atoms with Crippen LogP contribution in [0, 0.1) is 13.8 Å². The zero-order valence-electron chi connectivity index (χ0n) is 13.5. The molecule has 0 N–H and O–H groups in total. The minimum atomic E-state index is -0.373. The molecule has 122 valence electrons. The number of carbonyl (C=O) groups excluding carboxylic acids is 1. The van der Waals surface area contributed by atoms with E-state index in [2.05, 4.69) is 53.6 Å². The number of aromatic nitrogens is 4. The lowest BCUT2D eigenvalue weighted by Gasteiger charge is -2.46. The van der Waals surface area contributed by atoms with Crippen LogP contribution < -0.4 is 0 Å². The minimum Gasteiger partial charge on any atom is -0.326 e. The summed E-state index contributed by atoms with van der Waals surface area (Å²) in [6.07, 6.45) is 1.51. The second-order valence-electron chi connectivity index (χ2n) is 6.07. The predicted molar refractivity (Wildman–Crippen MR) is 90.4 cm³/mol. The van der Waals surface area contributed by atoms with Gasteiger partial charge in [0.2, 0.25) is 0 Å². The van der Waals surface area contributed by atoms with Crippen LogP contribution in [0.3, 0.4) is 0 Å². The highest BCUT2D eigenvalue weighted by Crippen LogP contribution is 2.44. The van der Waals surface area contributed by atoms with E-state index < -0.39 is 0 Å². The molecule has 0 unspecified atom stereocenters. The predicted octanol–water partition coefficient (Wildman–Crippen LogP) is 2.68. The largest absolute Gasteiger partial charge is 0.326 e. The fourth-order valence-electron chi connectivity index (χ4n) is 3.14. The van der Waals surface area contributed by atoms with Crippen molar-refractivity contribution in [3.8, 4) is 0 Å². The lowest BCUT2D eigenvalue weighted by molar-refractivity contribution is -0.157. The Morgan fingerprint density at radius 3 is 2.71 bits per heavy atom. The second-order valence-corrected chi connectivity index (χ2v) is 7.10. The Morgan fingerprint density at radius 1 is 1.17 bits per heavy atom. The molecule has 1 aromatic carbocycles. The number of β-lactam (4-membered cyclic amide) rings is 1. The molecule has 0 aliphatic carbocycles. The van der Waals surface area contributed by atoms with Gasteiger partial charge in [-0.25, -0.2) is 4.68 Å². The maximum Gasteiger partial charge on any atom is 0.251 e. The first-order valence-electron chi connectivity index (χ1n) is 7.77. The van der Waals surface area contributed by atoms with Crippen LogP contribution in [-0.2, 0) is 11.3 Å². The Hall–Kier alpha value is -2.54. The first-order valence-corrected chi connectivity index (χ1v) is 8.65. The Balaban J connectivity index is 1.71. The molecular weight excluding hydrogens is 322 g/mol. The van der Waals surface area contributed by atoms with Crippen LogP contribution >= 0.6 is 11.3 Å². The van der Waals surface area contributed by atoms with Crippen molar-refractivity contribution in [3.05, 3.63) is 63.6 Å². The van der Waals surface area contributed by atoms with E-state index in [1.54, 1.807) is 16.0 Å². The maximum absolute atomic E-state index is 12.7. The molecule has 3 heterocycles. The molecule has 0 radical (unpaired) electrons. The van der Waals surface area contributed by atoms with E-state index in [4.69, 9.17) is 0 Å². The number of amides is 1. The molecule has 1 saturated heterocycles. The summed E-state index contributed by atoms with van der Waals surface area (Å²) in [5.41, 5.74) is 3.58. The van der Waals surface area contributed by atoms with Crippen LogP contribution in [-0.4, -0.2) is 31.0 Å². The van der Waals surface area contributed by atoms with Crippen LogP contribution in [0.5, 0.6) is 0 Å². The summed E-state index contributed by atoms with van der Waals surface area (Å²) in [5, 5.41) is 13.3. The molecule has 4 rings (SSSR count). The number of tetrazole rings is 1. The molecule has 2 atom stereocenters. The molecule has 1 aliphatic rings. The Morgan fingerprint density at radius 2 is 2.04 bits per heavy atom. The number of hydrogen-bond donors (Lipinski definition) is 0. The standard InChI is InChI=1S/C17H17N5OS/c1-11-5-6-13(8-12(11)2)15-16(22-10-18-19-20-22)17(23)21(15)9-14-4-3-7-24-14/h3-8,10,15-16H,9H2,1-2H3/t15-,16-/m1/s1. The molecule has 0 bridgehead atoms. The normalized spacial score (nSPS) is 20.2. The Labute approximate surface area is 143 Å². The summed E-state index contributed by atoms with van der Waals surface area (Å²) in [6, 6.07) is 9.99. The lowest BCUT2D eigenvalue weighted by atomic mass is 9.87. The number of hydrogen-bond acceptors (Lipinski definition) is 5. The Kier molecular flexibility index (Phi) is 3.65. The summed E-state index contributed by atoms with van der Waals surface area (Å²) < 4.78 is 1.56. The highest BCUT2D eigenvalue weighted by molar-refractivity contribution is 7.09. The fraction of sp³-hybridized carbons (Fsp3) is 0.294. The molecular formula is C17H17N5OS. The van der Waals surface area contributed by atoms with Crippen molar-refractivity contribution in [3.63, 3.8) is 0 Å². The topological polar surface area (TPSA) is 63.9 Å². The van der Waals surface area contributed by atoms with E-state index in [0.29, 0.717) is 6.54 Å². The van der Waals surface area contributed by atoms with E-state index in [9.17, 15) is 4.79 Å². The smallest absolute Gasteiger partial charge is 0.251 e. The number of aryl methyl sites for hydroxylation is 2. The molecule has 7 heteroatoms. The molecule has 3 aromatic rings. The number of thiophene rings is 1. The monoisotopic (exact) mass is 339 g/mol. The number of carbonyl (C=O) groups is 1. The average molecular weight is 339 g/mol. The molecule has 1 aliphatic heterocycles. The van der Waals surface area contributed by atoms with Gasteiger partial charge in [0.1, 0.15) is 6.33 Å². The highest BCUT2D eigenvalue weighted by atomic mass is 32.1. The van der Waals surface area contributed by atoms with Crippen LogP contribution in [0.25, 0.3) is 0 Å². The van der Waals surface area contributed by atoms with Gasteiger partial charge >= 0.3 is 0 Å². The van der Waals surface area contributed by atoms with Gasteiger partial charge in [0.15, 0.2) is 6.04 Å². The van der Waals surface area contributed by atoms with Gasteiger partial charge in [-0.05, 0) is 52.4 Å². The van der Waals surface area contributed by atoms with Crippen molar-refractivity contribution >= 4 is 17.2 Å². The van der Waals surface area contributed by atoms with Crippen molar-refractivity contribution in [2.24, 2.45) is 0 Å². The van der Waals surface area contributed by atoms with Gasteiger partial charge in [0.25, 0.3) is 5.91 Å². The molecule has 2 aromatic heterocycles. The van der Waals surface area contributed by atoms with Crippen LogP contribution in [0.1, 0.15) is 33.7 Å². The number of rotatable bonds is 4. The van der Waals surface area contributed by atoms with Crippen molar-refractivity contribution < 1.29 is 4.79 Å². The van der Waals surface area contributed by atoms with Crippen molar-refractivity contribution in [2.45, 2.75) is 32.5 Å². The zero-order valence-corrected chi connectivity index (χ0v) is 14.3. The summed E-state index contributed by atoms with van der Waals surface area (Å²) in [6.45, 7) is 4.80. The number of likely N-dealkylation sites (tertiary alicyclic amines) is 1. The lowest BCUT2D eigenvalue weighted by Crippen LogP contribution is -2.55. The van der Waals surface area contributed by atoms with Gasteiger partial charge < -0.3 is 4.90 Å². The van der Waals surface area contributed by atoms with Gasteiger partial charge in [-0.15, -0.1) is 16.4 Å². The summed E-state index contributed by atoms with van der Waals surface area (Å²) >= 11 is 1.66. The maximum atomic E-state index is 12.7. The Bertz CT molecular complexity index is 859. The third-order valence-corrected chi connectivity index (χ3v) is 5.46. The van der Waals surface area contributed by atoms with Gasteiger partial charge in [-0.1, -0.05) is 24.3 Å². The molecule has 24 heavy (non-hydrogen) atoms. The first-order chi connectivity index (χ1) is 11.6. The van der Waals surface area contributed by atoms with Crippen molar-refractivity contribution in [2.75, 3.05) is 0 Å². The van der Waals surface area contributed by atoms with E-state index in [0.717, 1.165) is 5.56 Å². The molecule has 0 saturated carbocycles. The average Bonchev–Trinajstić information content (AvgIpc) is 3.26. The van der Waals surface area contributed by atoms with Crippen LogP contribution in [0.2, 0.25) is 0 Å². The minimum absolute atomic E-state index is 0.0533. The molecule has 1 amide bonds. The quantitative estimate of drug-likeness (QED) is 0.686. The van der Waals surface area contributed by atoms with Gasteiger partial charge in [0, 0.05) is 4.88 Å². The van der Waals surface area contributed by atoms with Crippen molar-refractivity contribution in [1.29, 1.82) is 0 Å². The SMILES string of the molecule is Cc1ccc([C@@H]2[C@@H](n3cnnn3)C(=O)N2Cc2cccs2)cc1C. The van der Waals surface area contributed by atoms with Crippen LogP contribution in [0.4, 0.5) is 0 Å². The third kappa shape index (κ3) is 2.41. The van der Waals surface area contributed by atoms with E-state index in [1.807, 2.05) is 16.3 Å². The van der Waals surface area contributed by atoms with E-state index in [1.165, 1.54) is 22.3 Å². The van der Waals surface area contributed by atoms with E-state index >= 15 is 0 Å². The summed E-state index contributed by atoms with van der Waals surface area (Å²) in [4.78, 5) is 15.8. The number of benzene rings is 1. The number of nitrogens with zero attached hydrogens (tertiary/aromatic N) is 5. The van der Waals surface area contributed by atoms with E-state index in [-0.39, 0.29) is 18.0 Å². The zero-order chi connectivity index (χ0) is 16.7. The molecule has 0 spiro atoms. The highest BCUT2D eigenvalue weighted by Gasteiger charge is 2.50. The van der Waals surface area contributed by atoms with Gasteiger partial charge in [0.05, 0.1) is 12.6 Å². The van der Waals surface area contributed by atoms with Gasteiger partial charge in [-0.2, -0.15) is 0 Å². The van der Waals surface area contributed by atoms with Crippen molar-refractivity contribution in [1.82, 2.24) is 25.1 Å². The first kappa shape index (κ1) is 15.0. The van der Waals surface area contributed by atoms with Crippen LogP contribution in [0.15, 0.2) is 42.0 Å². The molecule has 1 fully saturated rings. The molecule has 6 nitrogen and oxygen atoms in total. The second kappa shape index (κ2) is 5.83. The summed E-state index contributed by atoms with van der Waals surface area (Å²) in [5.74, 6) is 0.0546. The summed E-state index contributed by atoms with van der Waals surface area (Å²) in [7, 11) is 0. The fourth-order valence-corrected chi connectivity index (χ4v) is 3.84. The third-order valence-electron chi connectivity index (χ3n) is 4.60.